The molecule has 0 radical (unpaired) electrons. The maximum Gasteiger partial charge on any atom is 0.220 e. The Morgan fingerprint density at radius 1 is 1.21 bits per heavy atom. The molecular formula is C14H14N4O. The highest BCUT2D eigenvalue weighted by Gasteiger charge is 2.07. The predicted octanol–water partition coefficient (Wildman–Crippen LogP) is 2.38. The van der Waals surface area contributed by atoms with Crippen LogP contribution < -0.4 is 5.32 Å². The van der Waals surface area contributed by atoms with E-state index in [9.17, 15) is 5.11 Å². The van der Waals surface area contributed by atoms with E-state index in [1.54, 1.807) is 11.7 Å². The van der Waals surface area contributed by atoms with Gasteiger partial charge >= 0.3 is 0 Å². The van der Waals surface area contributed by atoms with Crippen molar-refractivity contribution >= 4 is 16.6 Å². The van der Waals surface area contributed by atoms with Crippen molar-refractivity contribution in [1.29, 1.82) is 0 Å². The highest BCUT2D eigenvalue weighted by atomic mass is 16.3. The van der Waals surface area contributed by atoms with Gasteiger partial charge in [-0.3, -0.25) is 4.68 Å². The normalized spacial score (nSPS) is 10.8. The number of hydrogen-bond donors (Lipinski definition) is 2. The number of nitrogens with one attached hydrogen (secondary N) is 1. The van der Waals surface area contributed by atoms with Gasteiger partial charge in [0, 0.05) is 31.2 Å². The van der Waals surface area contributed by atoms with Gasteiger partial charge in [0.15, 0.2) is 0 Å². The molecular weight excluding hydrogens is 240 g/mol. The van der Waals surface area contributed by atoms with Crippen LogP contribution in [0.1, 0.15) is 0 Å². The second kappa shape index (κ2) is 4.28. The van der Waals surface area contributed by atoms with E-state index in [1.165, 1.54) is 0 Å². The molecule has 0 saturated carbocycles. The van der Waals surface area contributed by atoms with Crippen LogP contribution in [0.15, 0.2) is 36.7 Å². The summed E-state index contributed by atoms with van der Waals surface area (Å²) in [6.45, 7) is 0. The van der Waals surface area contributed by atoms with Crippen LogP contribution in [0.4, 0.5) is 5.82 Å². The van der Waals surface area contributed by atoms with E-state index in [4.69, 9.17) is 0 Å². The number of hydrogen-bond acceptors (Lipinski definition) is 4. The van der Waals surface area contributed by atoms with E-state index < -0.39 is 0 Å². The van der Waals surface area contributed by atoms with Gasteiger partial charge in [-0.1, -0.05) is 6.07 Å². The Balaban J connectivity index is 2.19. The third-order valence-corrected chi connectivity index (χ3v) is 3.11. The quantitative estimate of drug-likeness (QED) is 0.737. The van der Waals surface area contributed by atoms with Crippen molar-refractivity contribution in [3.63, 3.8) is 0 Å². The van der Waals surface area contributed by atoms with E-state index >= 15 is 0 Å². The van der Waals surface area contributed by atoms with E-state index in [0.29, 0.717) is 5.82 Å². The lowest BCUT2D eigenvalue weighted by molar-refractivity contribution is 0.461. The average molecular weight is 254 g/mol. The van der Waals surface area contributed by atoms with Crippen LogP contribution in [0.3, 0.4) is 0 Å². The van der Waals surface area contributed by atoms with Crippen LogP contribution >= 0.6 is 0 Å². The number of aromatic hydroxyl groups is 1. The maximum absolute atomic E-state index is 9.88. The van der Waals surface area contributed by atoms with Crippen molar-refractivity contribution in [1.82, 2.24) is 14.8 Å². The van der Waals surface area contributed by atoms with Crippen molar-refractivity contribution in [2.75, 3.05) is 12.4 Å². The zero-order valence-electron chi connectivity index (χ0n) is 10.8. The standard InChI is InChI=1S/C14H14N4O/c1-15-13-6-10-5-9(11-7-16-18(2)8-11)3-4-12(10)14(19)17-13/h3-8H,1-2H3,(H2,15,17,19). The average Bonchev–Trinajstić information content (AvgIpc) is 2.84. The summed E-state index contributed by atoms with van der Waals surface area (Å²) in [5.41, 5.74) is 2.11. The van der Waals surface area contributed by atoms with Gasteiger partial charge in [-0.25, -0.2) is 0 Å². The van der Waals surface area contributed by atoms with Crippen molar-refractivity contribution < 1.29 is 5.11 Å². The zero-order valence-corrected chi connectivity index (χ0v) is 10.8. The number of rotatable bonds is 2. The van der Waals surface area contributed by atoms with Crippen LogP contribution in [-0.4, -0.2) is 26.9 Å². The maximum atomic E-state index is 9.88. The van der Waals surface area contributed by atoms with Gasteiger partial charge in [0.2, 0.25) is 5.88 Å². The third-order valence-electron chi connectivity index (χ3n) is 3.11. The summed E-state index contributed by atoms with van der Waals surface area (Å²) in [4.78, 5) is 4.05. The molecule has 0 saturated heterocycles. The molecule has 0 amide bonds. The van der Waals surface area contributed by atoms with Gasteiger partial charge < -0.3 is 10.4 Å². The summed E-state index contributed by atoms with van der Waals surface area (Å²) >= 11 is 0. The SMILES string of the molecule is CNc1cc2cc(-c3cnn(C)c3)ccc2c(O)n1. The highest BCUT2D eigenvalue weighted by molar-refractivity contribution is 5.92. The molecule has 2 N–H and O–H groups in total. The van der Waals surface area contributed by atoms with Gasteiger partial charge in [0.1, 0.15) is 5.82 Å². The minimum atomic E-state index is 0.0413. The molecule has 0 spiro atoms. The number of fused-ring (bicyclic) bond motifs is 1. The fourth-order valence-electron chi connectivity index (χ4n) is 2.12. The lowest BCUT2D eigenvalue weighted by Gasteiger charge is -2.06. The van der Waals surface area contributed by atoms with Crippen LogP contribution in [0.2, 0.25) is 0 Å². The molecule has 0 bridgehead atoms. The van der Waals surface area contributed by atoms with Crippen molar-refractivity contribution in [3.05, 3.63) is 36.7 Å². The molecule has 5 nitrogen and oxygen atoms in total. The van der Waals surface area contributed by atoms with Crippen molar-refractivity contribution in [2.45, 2.75) is 0 Å². The Bertz CT molecular complexity index is 748. The van der Waals surface area contributed by atoms with Crippen LogP contribution in [0, 0.1) is 0 Å². The van der Waals surface area contributed by atoms with E-state index in [-0.39, 0.29) is 5.88 Å². The molecule has 2 heterocycles. The number of aryl methyl sites for hydroxylation is 1. The molecule has 19 heavy (non-hydrogen) atoms. The summed E-state index contributed by atoms with van der Waals surface area (Å²) in [5.74, 6) is 0.688. The van der Waals surface area contributed by atoms with E-state index in [0.717, 1.165) is 21.9 Å². The highest BCUT2D eigenvalue weighted by Crippen LogP contribution is 2.29. The largest absolute Gasteiger partial charge is 0.493 e. The minimum absolute atomic E-state index is 0.0413. The Kier molecular flexibility index (Phi) is 2.59. The van der Waals surface area contributed by atoms with Gasteiger partial charge in [-0.05, 0) is 29.1 Å². The van der Waals surface area contributed by atoms with Crippen molar-refractivity contribution in [3.8, 4) is 17.0 Å². The number of anilines is 1. The van der Waals surface area contributed by atoms with Crippen molar-refractivity contribution in [2.24, 2.45) is 7.05 Å². The molecule has 0 atom stereocenters. The van der Waals surface area contributed by atoms with Crippen LogP contribution in [-0.2, 0) is 7.05 Å². The first-order valence-electron chi connectivity index (χ1n) is 5.98. The smallest absolute Gasteiger partial charge is 0.220 e. The summed E-state index contributed by atoms with van der Waals surface area (Å²) in [6, 6.07) is 7.77. The third kappa shape index (κ3) is 1.99. The minimum Gasteiger partial charge on any atom is -0.493 e. The number of nitrogens with zero attached hydrogens (tertiary/aromatic N) is 3. The second-order valence-corrected chi connectivity index (χ2v) is 4.42. The first-order chi connectivity index (χ1) is 9.17. The Hall–Kier alpha value is -2.56. The summed E-state index contributed by atoms with van der Waals surface area (Å²) in [6.07, 6.45) is 3.78. The second-order valence-electron chi connectivity index (χ2n) is 4.42. The first-order valence-corrected chi connectivity index (χ1v) is 5.98. The van der Waals surface area contributed by atoms with Crippen LogP contribution in [0.25, 0.3) is 21.9 Å². The molecule has 0 aliphatic carbocycles. The Labute approximate surface area is 110 Å². The fourth-order valence-corrected chi connectivity index (χ4v) is 2.12. The van der Waals surface area contributed by atoms with Crippen LogP contribution in [0.5, 0.6) is 5.88 Å². The summed E-state index contributed by atoms with van der Waals surface area (Å²) in [7, 11) is 3.66. The lowest BCUT2D eigenvalue weighted by Crippen LogP contribution is -1.92. The molecule has 3 aromatic rings. The van der Waals surface area contributed by atoms with E-state index in [1.807, 2.05) is 43.7 Å². The van der Waals surface area contributed by atoms with Gasteiger partial charge in [-0.15, -0.1) is 0 Å². The number of aromatic nitrogens is 3. The first kappa shape index (κ1) is 11.5. The van der Waals surface area contributed by atoms with Gasteiger partial charge in [0.05, 0.1) is 6.20 Å². The Morgan fingerprint density at radius 2 is 2.05 bits per heavy atom. The fraction of sp³-hybridized carbons (Fsp3) is 0.143. The molecule has 3 rings (SSSR count). The lowest BCUT2D eigenvalue weighted by atomic mass is 10.0. The van der Waals surface area contributed by atoms with Gasteiger partial charge in [0.25, 0.3) is 0 Å². The van der Waals surface area contributed by atoms with Gasteiger partial charge in [-0.2, -0.15) is 10.1 Å². The molecule has 2 aromatic heterocycles. The predicted molar refractivity (Wildman–Crippen MR) is 75.2 cm³/mol. The molecule has 0 aliphatic heterocycles. The molecule has 1 aromatic carbocycles. The van der Waals surface area contributed by atoms with E-state index in [2.05, 4.69) is 15.4 Å². The molecule has 5 heteroatoms. The number of benzene rings is 1. The Morgan fingerprint density at radius 3 is 2.74 bits per heavy atom. The molecule has 0 unspecified atom stereocenters. The number of pyridine rings is 1. The zero-order chi connectivity index (χ0) is 13.4. The molecule has 0 aliphatic rings. The summed E-state index contributed by atoms with van der Waals surface area (Å²) < 4.78 is 1.77. The topological polar surface area (TPSA) is 63.0 Å². The molecule has 0 fully saturated rings. The molecule has 96 valence electrons. The monoisotopic (exact) mass is 254 g/mol. The summed E-state index contributed by atoms with van der Waals surface area (Å²) in [5, 5.41) is 18.7.